The van der Waals surface area contributed by atoms with E-state index in [4.69, 9.17) is 0 Å². The molecule has 0 bridgehead atoms. The Balaban J connectivity index is 2.39. The fraction of sp³-hybridized carbons (Fsp3) is 0.0714. The summed E-state index contributed by atoms with van der Waals surface area (Å²) in [5.41, 5.74) is 0.292. The molecule has 0 aliphatic heterocycles. The summed E-state index contributed by atoms with van der Waals surface area (Å²) in [6.45, 7) is 0. The molecule has 0 N–H and O–H groups in total. The second kappa shape index (κ2) is 5.19. The van der Waals surface area contributed by atoms with Gasteiger partial charge in [-0.2, -0.15) is 0 Å². The summed E-state index contributed by atoms with van der Waals surface area (Å²) >= 11 is 0. The summed E-state index contributed by atoms with van der Waals surface area (Å²) in [6, 6.07) is 5.95. The van der Waals surface area contributed by atoms with Crippen molar-refractivity contribution in [1.29, 1.82) is 0 Å². The Morgan fingerprint density at radius 1 is 0.792 bits per heavy atom. The molecule has 0 saturated carbocycles. The summed E-state index contributed by atoms with van der Waals surface area (Å²) < 4.78 is 0. The van der Waals surface area contributed by atoms with Crippen LogP contribution in [0.25, 0.3) is 11.1 Å². The lowest BCUT2D eigenvalue weighted by molar-refractivity contribution is -0.393. The van der Waals surface area contributed by atoms with Crippen molar-refractivity contribution < 1.29 is 14.8 Å². The smallest absolute Gasteiger partial charge is 0.284 e. The predicted molar refractivity (Wildman–Crippen MR) is 83.4 cm³/mol. The van der Waals surface area contributed by atoms with Gasteiger partial charge in [0.05, 0.1) is 32.1 Å². The lowest BCUT2D eigenvalue weighted by Gasteiger charge is -2.02. The van der Waals surface area contributed by atoms with Gasteiger partial charge in [0.1, 0.15) is 0 Å². The van der Waals surface area contributed by atoms with Crippen LogP contribution in [0.15, 0.2) is 35.3 Å². The molecule has 0 atom stereocenters. The maximum Gasteiger partial charge on any atom is 0.284 e. The number of nitro benzene ring substituents is 3. The van der Waals surface area contributed by atoms with Gasteiger partial charge in [0, 0.05) is 36.4 Å². The van der Waals surface area contributed by atoms with Gasteiger partial charge in [-0.3, -0.25) is 35.3 Å². The van der Waals surface area contributed by atoms with Crippen LogP contribution in [-0.2, 0) is 0 Å². The van der Waals surface area contributed by atoms with E-state index in [1.807, 2.05) is 0 Å². The van der Waals surface area contributed by atoms with Crippen LogP contribution < -0.4 is 0 Å². The van der Waals surface area contributed by atoms with Crippen LogP contribution in [0.4, 0.5) is 17.1 Å². The Morgan fingerprint density at radius 2 is 1.42 bits per heavy atom. The van der Waals surface area contributed by atoms with Crippen molar-refractivity contribution in [3.05, 3.63) is 71.8 Å². The molecule has 1 aliphatic carbocycles. The number of fused-ring (bicyclic) bond motifs is 3. The second-order valence-electron chi connectivity index (χ2n) is 4.96. The SMILES string of the molecule is C/N=C1\c2cc([N+](=O)[O-])ccc2-c2c1cc([N+](=O)[O-])cc2[N+](=O)[O-]. The zero-order valence-electron chi connectivity index (χ0n) is 12.1. The third kappa shape index (κ3) is 2.08. The van der Waals surface area contributed by atoms with Crippen LogP contribution in [0, 0.1) is 30.3 Å². The number of hydrogen-bond acceptors (Lipinski definition) is 7. The van der Waals surface area contributed by atoms with Crippen molar-refractivity contribution >= 4 is 22.8 Å². The maximum absolute atomic E-state index is 11.4. The Morgan fingerprint density at radius 3 is 1.96 bits per heavy atom. The summed E-state index contributed by atoms with van der Waals surface area (Å²) in [7, 11) is 1.41. The first kappa shape index (κ1) is 15.2. The molecule has 120 valence electrons. The molecule has 1 aliphatic rings. The highest BCUT2D eigenvalue weighted by Crippen LogP contribution is 2.45. The third-order valence-electron chi connectivity index (χ3n) is 3.73. The van der Waals surface area contributed by atoms with E-state index >= 15 is 0 Å². The van der Waals surface area contributed by atoms with Gasteiger partial charge >= 0.3 is 0 Å². The second-order valence-corrected chi connectivity index (χ2v) is 4.96. The normalized spacial score (nSPS) is 13.5. The molecule has 0 unspecified atom stereocenters. The summed E-state index contributed by atoms with van der Waals surface area (Å²) in [4.78, 5) is 35.3. The van der Waals surface area contributed by atoms with Gasteiger partial charge < -0.3 is 0 Å². The average Bonchev–Trinajstić information content (AvgIpc) is 2.86. The van der Waals surface area contributed by atoms with Gasteiger partial charge in [-0.1, -0.05) is 0 Å². The van der Waals surface area contributed by atoms with E-state index in [0.717, 1.165) is 6.07 Å². The molecule has 3 rings (SSSR count). The molecule has 0 radical (unpaired) electrons. The number of nitrogens with zero attached hydrogens (tertiary/aromatic N) is 4. The molecule has 24 heavy (non-hydrogen) atoms. The molecular weight excluding hydrogens is 320 g/mol. The third-order valence-corrected chi connectivity index (χ3v) is 3.73. The first-order valence-electron chi connectivity index (χ1n) is 6.58. The van der Waals surface area contributed by atoms with Crippen molar-refractivity contribution in [2.45, 2.75) is 0 Å². The standard InChI is InChI=1S/C14H8N4O6/c1-15-14-10-4-7(16(19)20)2-3-9(10)13-11(14)5-8(17(21)22)6-12(13)18(23)24/h2-6H,1H3/b15-14+. The first-order valence-corrected chi connectivity index (χ1v) is 6.58. The minimum atomic E-state index is -0.730. The van der Waals surface area contributed by atoms with Crippen LogP contribution in [0.5, 0.6) is 0 Å². The van der Waals surface area contributed by atoms with Gasteiger partial charge in [0.25, 0.3) is 17.1 Å². The monoisotopic (exact) mass is 328 g/mol. The van der Waals surface area contributed by atoms with E-state index in [9.17, 15) is 30.3 Å². The van der Waals surface area contributed by atoms with Gasteiger partial charge in [-0.05, 0) is 11.6 Å². The fourth-order valence-electron chi connectivity index (χ4n) is 2.78. The Kier molecular flexibility index (Phi) is 3.29. The molecule has 2 aromatic rings. The molecule has 0 fully saturated rings. The van der Waals surface area contributed by atoms with Crippen LogP contribution in [0.1, 0.15) is 11.1 Å². The molecule has 0 spiro atoms. The van der Waals surface area contributed by atoms with Crippen molar-refractivity contribution in [3.63, 3.8) is 0 Å². The molecule has 0 saturated heterocycles. The molecule has 0 amide bonds. The van der Waals surface area contributed by atoms with Gasteiger partial charge in [-0.15, -0.1) is 0 Å². The topological polar surface area (TPSA) is 142 Å². The Hall–Kier alpha value is -3.69. The Bertz CT molecular complexity index is 966. The lowest BCUT2D eigenvalue weighted by atomic mass is 10.0. The van der Waals surface area contributed by atoms with E-state index in [1.54, 1.807) is 0 Å². The zero-order chi connectivity index (χ0) is 17.6. The number of nitro groups is 3. The van der Waals surface area contributed by atoms with Crippen LogP contribution in [-0.4, -0.2) is 27.5 Å². The van der Waals surface area contributed by atoms with Crippen molar-refractivity contribution in [1.82, 2.24) is 0 Å². The van der Waals surface area contributed by atoms with E-state index in [-0.39, 0.29) is 22.5 Å². The van der Waals surface area contributed by atoms with E-state index in [0.29, 0.717) is 11.1 Å². The van der Waals surface area contributed by atoms with Crippen LogP contribution in [0.2, 0.25) is 0 Å². The molecular formula is C14H8N4O6. The van der Waals surface area contributed by atoms with E-state index < -0.39 is 26.1 Å². The van der Waals surface area contributed by atoms with Gasteiger partial charge in [-0.25, -0.2) is 0 Å². The summed E-state index contributed by atoms with van der Waals surface area (Å²) in [5, 5.41) is 33.3. The van der Waals surface area contributed by atoms with Gasteiger partial charge in [0.15, 0.2) is 0 Å². The average molecular weight is 328 g/mol. The number of rotatable bonds is 3. The van der Waals surface area contributed by atoms with Crippen molar-refractivity contribution in [3.8, 4) is 11.1 Å². The highest BCUT2D eigenvalue weighted by atomic mass is 16.6. The molecule has 10 heteroatoms. The fourth-order valence-corrected chi connectivity index (χ4v) is 2.78. The number of hydrogen-bond donors (Lipinski definition) is 0. The minimum Gasteiger partial charge on any atom is -0.287 e. The zero-order valence-corrected chi connectivity index (χ0v) is 12.1. The first-order chi connectivity index (χ1) is 11.3. The van der Waals surface area contributed by atoms with Crippen molar-refractivity contribution in [2.75, 3.05) is 7.05 Å². The molecule has 0 aromatic heterocycles. The molecule has 2 aromatic carbocycles. The quantitative estimate of drug-likeness (QED) is 0.534. The van der Waals surface area contributed by atoms with Gasteiger partial charge in [0.2, 0.25) is 0 Å². The summed E-state index contributed by atoms with van der Waals surface area (Å²) in [5.74, 6) is 0. The Labute approximate surface area is 133 Å². The van der Waals surface area contributed by atoms with Crippen molar-refractivity contribution in [2.24, 2.45) is 4.99 Å². The molecule has 10 nitrogen and oxygen atoms in total. The number of aliphatic imine (C=N–C) groups is 1. The van der Waals surface area contributed by atoms with E-state index in [2.05, 4.69) is 4.99 Å². The summed E-state index contributed by atoms with van der Waals surface area (Å²) in [6.07, 6.45) is 0. The highest BCUT2D eigenvalue weighted by molar-refractivity contribution is 6.26. The van der Waals surface area contributed by atoms with Crippen LogP contribution in [0.3, 0.4) is 0 Å². The van der Waals surface area contributed by atoms with Crippen LogP contribution >= 0.6 is 0 Å². The predicted octanol–water partition coefficient (Wildman–Crippen LogP) is 2.86. The van der Waals surface area contributed by atoms with E-state index in [1.165, 1.54) is 31.3 Å². The maximum atomic E-state index is 11.4. The highest BCUT2D eigenvalue weighted by Gasteiger charge is 2.35. The number of non-ortho nitro benzene ring substituents is 2. The minimum absolute atomic E-state index is 0.177. The number of benzene rings is 2. The molecule has 0 heterocycles. The lowest BCUT2D eigenvalue weighted by Crippen LogP contribution is -2.01. The largest absolute Gasteiger partial charge is 0.287 e.